The maximum Gasteiger partial charge on any atom is 0.573 e. The Labute approximate surface area is 247 Å². The van der Waals surface area contributed by atoms with Crippen LogP contribution in [0, 0.1) is 5.82 Å². The van der Waals surface area contributed by atoms with Crippen LogP contribution >= 0.6 is 0 Å². The highest BCUT2D eigenvalue weighted by Gasteiger charge is 2.41. The first kappa shape index (κ1) is 33.0. The molecule has 45 heavy (non-hydrogen) atoms. The zero-order valence-corrected chi connectivity index (χ0v) is 22.3. The molecule has 0 fully saturated rings. The monoisotopic (exact) mass is 647 g/mol. The summed E-state index contributed by atoms with van der Waals surface area (Å²) in [6.07, 6.45) is -16.2. The maximum atomic E-state index is 14.0. The van der Waals surface area contributed by atoms with E-state index < -0.39 is 71.0 Å². The Morgan fingerprint density at radius 3 is 1.71 bits per heavy atom. The third kappa shape index (κ3) is 8.16. The van der Waals surface area contributed by atoms with Gasteiger partial charge in [0.25, 0.3) is 5.91 Å². The number of hydrogen-bond acceptors (Lipinski definition) is 4. The van der Waals surface area contributed by atoms with Crippen molar-refractivity contribution in [3.63, 3.8) is 0 Å². The molecule has 0 radical (unpaired) electrons. The number of ether oxygens (including phenoxy) is 2. The third-order valence-electron chi connectivity index (χ3n) is 6.43. The number of para-hydroxylation sites is 1. The molecule has 4 rings (SSSR count). The number of carbonyl (C=O) groups excluding carboxylic acids is 1. The molecule has 0 bridgehead atoms. The Bertz CT molecular complexity index is 1620. The summed E-state index contributed by atoms with van der Waals surface area (Å²) in [5, 5.41) is 13.0. The number of hydrogen-bond donors (Lipinski definition) is 2. The summed E-state index contributed by atoms with van der Waals surface area (Å²) in [5.41, 5.74) is -5.29. The molecule has 0 spiro atoms. The highest BCUT2D eigenvalue weighted by atomic mass is 19.4. The van der Waals surface area contributed by atoms with Gasteiger partial charge in [0.15, 0.2) is 0 Å². The second kappa shape index (κ2) is 12.2. The van der Waals surface area contributed by atoms with Crippen LogP contribution in [-0.2, 0) is 18.1 Å². The van der Waals surface area contributed by atoms with E-state index in [0.29, 0.717) is 12.1 Å². The Morgan fingerprint density at radius 1 is 0.689 bits per heavy atom. The van der Waals surface area contributed by atoms with Crippen molar-refractivity contribution in [2.75, 3.05) is 0 Å². The van der Waals surface area contributed by atoms with E-state index >= 15 is 0 Å². The first-order chi connectivity index (χ1) is 20.9. The van der Waals surface area contributed by atoms with Crippen molar-refractivity contribution in [3.05, 3.63) is 125 Å². The summed E-state index contributed by atoms with van der Waals surface area (Å²) < 4.78 is 141. The van der Waals surface area contributed by atoms with E-state index in [2.05, 4.69) is 14.8 Å². The van der Waals surface area contributed by atoms with Gasteiger partial charge in [-0.05, 0) is 65.2 Å². The fourth-order valence-corrected chi connectivity index (χ4v) is 4.57. The number of amides is 1. The van der Waals surface area contributed by atoms with Crippen LogP contribution in [0.5, 0.6) is 17.2 Å². The quantitative estimate of drug-likeness (QED) is 0.189. The van der Waals surface area contributed by atoms with Crippen molar-refractivity contribution in [1.29, 1.82) is 0 Å². The average Bonchev–Trinajstić information content (AvgIpc) is 2.92. The lowest BCUT2D eigenvalue weighted by molar-refractivity contribution is -0.275. The van der Waals surface area contributed by atoms with Crippen molar-refractivity contribution in [3.8, 4) is 17.2 Å². The van der Waals surface area contributed by atoms with Gasteiger partial charge in [-0.3, -0.25) is 4.79 Å². The van der Waals surface area contributed by atoms with Gasteiger partial charge in [-0.25, -0.2) is 4.39 Å². The second-order valence-electron chi connectivity index (χ2n) is 9.51. The Kier molecular flexibility index (Phi) is 8.94. The molecule has 0 saturated carbocycles. The van der Waals surface area contributed by atoms with Crippen LogP contribution < -0.4 is 14.8 Å². The molecule has 0 heterocycles. The van der Waals surface area contributed by atoms with Gasteiger partial charge in [0.05, 0.1) is 11.1 Å². The smallest absolute Gasteiger partial charge is 0.508 e. The van der Waals surface area contributed by atoms with Gasteiger partial charge in [-0.15, -0.1) is 26.3 Å². The molecule has 4 aromatic carbocycles. The highest BCUT2D eigenvalue weighted by Crippen LogP contribution is 2.40. The lowest BCUT2D eigenvalue weighted by atomic mass is 9.77. The van der Waals surface area contributed by atoms with E-state index in [9.17, 15) is 53.8 Å². The molecule has 0 atom stereocenters. The predicted octanol–water partition coefficient (Wildman–Crippen LogP) is 8.26. The van der Waals surface area contributed by atoms with E-state index in [-0.39, 0.29) is 22.8 Å². The van der Waals surface area contributed by atoms with E-state index in [1.165, 1.54) is 36.4 Å². The zero-order chi connectivity index (χ0) is 33.2. The lowest BCUT2D eigenvalue weighted by Gasteiger charge is -2.37. The average molecular weight is 647 g/mol. The minimum absolute atomic E-state index is 0.0113. The third-order valence-corrected chi connectivity index (χ3v) is 6.43. The summed E-state index contributed by atoms with van der Waals surface area (Å²) in [6.45, 7) is 0. The van der Waals surface area contributed by atoms with Crippen LogP contribution in [-0.4, -0.2) is 23.7 Å². The van der Waals surface area contributed by atoms with Crippen LogP contribution in [0.4, 0.5) is 43.9 Å². The lowest BCUT2D eigenvalue weighted by Crippen LogP contribution is -2.48. The normalized spacial score (nSPS) is 12.5. The maximum absolute atomic E-state index is 14.0. The van der Waals surface area contributed by atoms with Crippen LogP contribution in [0.15, 0.2) is 91.0 Å². The molecular formula is C30H19F10NO4. The molecule has 0 aliphatic carbocycles. The summed E-state index contributed by atoms with van der Waals surface area (Å²) in [5.74, 6) is -5.07. The number of aromatic hydroxyl groups is 1. The Morgan fingerprint density at radius 2 is 1.22 bits per heavy atom. The molecular weight excluding hydrogens is 628 g/mol. The van der Waals surface area contributed by atoms with Crippen molar-refractivity contribution in [2.45, 2.75) is 30.9 Å². The number of carbonyl (C=O) groups is 1. The summed E-state index contributed by atoms with van der Waals surface area (Å²) >= 11 is 0. The molecule has 0 saturated heterocycles. The minimum Gasteiger partial charge on any atom is -0.508 e. The predicted molar refractivity (Wildman–Crippen MR) is 138 cm³/mol. The Balaban J connectivity index is 1.99. The standard InChI is InChI=1S/C30H19F10NO4/c31-24-12-11-17(13-23(24)28(32,33)34)26(43)41-27(16-18-5-1-2-10-25(18)42,19-6-3-8-21(14-19)44-29(35,36)37)20-7-4-9-22(15-20)45-30(38,39)40/h1-15,42H,16H2,(H,41,43). The Hall–Kier alpha value is -4.95. The fraction of sp³-hybridized carbons (Fsp3) is 0.167. The number of phenolic OH excluding ortho intramolecular Hbond substituents is 1. The topological polar surface area (TPSA) is 67.8 Å². The summed E-state index contributed by atoms with van der Waals surface area (Å²) in [4.78, 5) is 13.6. The molecule has 0 aromatic heterocycles. The number of phenols is 1. The molecule has 0 aliphatic heterocycles. The molecule has 238 valence electrons. The number of benzene rings is 4. The first-order valence-electron chi connectivity index (χ1n) is 12.5. The fourth-order valence-electron chi connectivity index (χ4n) is 4.57. The van der Waals surface area contributed by atoms with Gasteiger partial charge in [0, 0.05) is 12.0 Å². The van der Waals surface area contributed by atoms with Crippen LogP contribution in [0.1, 0.15) is 32.6 Å². The summed E-state index contributed by atoms with van der Waals surface area (Å²) in [6, 6.07) is 14.5. The van der Waals surface area contributed by atoms with Crippen molar-refractivity contribution >= 4 is 5.91 Å². The summed E-state index contributed by atoms with van der Waals surface area (Å²) in [7, 11) is 0. The second-order valence-corrected chi connectivity index (χ2v) is 9.51. The van der Waals surface area contributed by atoms with E-state index in [1.807, 2.05) is 0 Å². The SMILES string of the molecule is O=C(NC(Cc1ccccc1O)(c1cccc(OC(F)(F)F)c1)c1cccc(OC(F)(F)F)c1)c1ccc(F)c(C(F)(F)F)c1. The zero-order valence-electron chi connectivity index (χ0n) is 22.3. The highest BCUT2D eigenvalue weighted by molar-refractivity contribution is 5.95. The van der Waals surface area contributed by atoms with Crippen molar-refractivity contribution in [1.82, 2.24) is 5.32 Å². The van der Waals surface area contributed by atoms with E-state index in [4.69, 9.17) is 0 Å². The molecule has 0 unspecified atom stereocenters. The molecule has 15 heteroatoms. The van der Waals surface area contributed by atoms with E-state index in [0.717, 1.165) is 36.4 Å². The number of nitrogens with one attached hydrogen (secondary N) is 1. The van der Waals surface area contributed by atoms with Crippen LogP contribution in [0.25, 0.3) is 0 Å². The van der Waals surface area contributed by atoms with Gasteiger partial charge in [-0.1, -0.05) is 42.5 Å². The number of rotatable bonds is 8. The van der Waals surface area contributed by atoms with Gasteiger partial charge >= 0.3 is 18.9 Å². The molecule has 2 N–H and O–H groups in total. The minimum atomic E-state index is -5.22. The first-order valence-corrected chi connectivity index (χ1v) is 12.5. The van der Waals surface area contributed by atoms with Crippen molar-refractivity contribution in [2.24, 2.45) is 0 Å². The number of halogens is 10. The van der Waals surface area contributed by atoms with Crippen molar-refractivity contribution < 1.29 is 63.3 Å². The van der Waals surface area contributed by atoms with Gasteiger partial charge in [0.1, 0.15) is 23.1 Å². The van der Waals surface area contributed by atoms with Gasteiger partial charge < -0.3 is 19.9 Å². The number of alkyl halides is 9. The largest absolute Gasteiger partial charge is 0.573 e. The molecule has 1 amide bonds. The molecule has 0 aliphatic rings. The van der Waals surface area contributed by atoms with Crippen LogP contribution in [0.3, 0.4) is 0 Å². The van der Waals surface area contributed by atoms with Gasteiger partial charge in [-0.2, -0.15) is 13.2 Å². The van der Waals surface area contributed by atoms with Gasteiger partial charge in [0.2, 0.25) is 0 Å². The van der Waals surface area contributed by atoms with E-state index in [1.54, 1.807) is 0 Å². The van der Waals surface area contributed by atoms with Crippen LogP contribution in [0.2, 0.25) is 0 Å². The molecule has 5 nitrogen and oxygen atoms in total. The molecule has 4 aromatic rings.